The molecule has 4 nitrogen and oxygen atoms in total. The molecule has 6 heteroatoms. The number of esters is 1. The lowest BCUT2D eigenvalue weighted by Gasteiger charge is -2.21. The van der Waals surface area contributed by atoms with Crippen molar-refractivity contribution in [2.45, 2.75) is 26.3 Å². The molecule has 20 heavy (non-hydrogen) atoms. The minimum Gasteiger partial charge on any atom is -0.464 e. The number of amidine groups is 1. The minimum atomic E-state index is -0.576. The molecule has 0 N–H and O–H groups in total. The number of carbonyl (C=O) groups excluding carboxylic acids is 1. The average Bonchev–Trinajstić information content (AvgIpc) is 2.83. The SMILES string of the molecule is CCOC(=O)C1CN(c2ccc(Br)cc2F)C(CC)=N1. The van der Waals surface area contributed by atoms with Gasteiger partial charge in [-0.25, -0.2) is 9.18 Å². The van der Waals surface area contributed by atoms with Crippen LogP contribution < -0.4 is 4.90 Å². The number of hydrogen-bond donors (Lipinski definition) is 0. The Morgan fingerprint density at radius 2 is 2.30 bits per heavy atom. The van der Waals surface area contributed by atoms with Crippen LogP contribution in [0.1, 0.15) is 20.3 Å². The summed E-state index contributed by atoms with van der Waals surface area (Å²) in [4.78, 5) is 17.8. The molecule has 1 atom stereocenters. The predicted octanol–water partition coefficient (Wildman–Crippen LogP) is 3.15. The van der Waals surface area contributed by atoms with Gasteiger partial charge in [-0.1, -0.05) is 22.9 Å². The number of benzene rings is 1. The van der Waals surface area contributed by atoms with Crippen LogP contribution in [-0.2, 0) is 9.53 Å². The minimum absolute atomic E-state index is 0.318. The zero-order chi connectivity index (χ0) is 14.7. The molecule has 1 aromatic rings. The summed E-state index contributed by atoms with van der Waals surface area (Å²) in [7, 11) is 0. The molecule has 0 radical (unpaired) electrons. The molecular formula is C14H16BrFN2O2. The van der Waals surface area contributed by atoms with Crippen LogP contribution in [0.2, 0.25) is 0 Å². The molecule has 1 aliphatic rings. The van der Waals surface area contributed by atoms with Gasteiger partial charge in [0.2, 0.25) is 0 Å². The Morgan fingerprint density at radius 1 is 1.55 bits per heavy atom. The monoisotopic (exact) mass is 342 g/mol. The van der Waals surface area contributed by atoms with E-state index in [0.717, 1.165) is 0 Å². The fraction of sp³-hybridized carbons (Fsp3) is 0.429. The van der Waals surface area contributed by atoms with Crippen molar-refractivity contribution < 1.29 is 13.9 Å². The van der Waals surface area contributed by atoms with Gasteiger partial charge in [0.05, 0.1) is 18.8 Å². The van der Waals surface area contributed by atoms with Gasteiger partial charge in [0, 0.05) is 10.9 Å². The number of ether oxygens (including phenoxy) is 1. The van der Waals surface area contributed by atoms with E-state index in [2.05, 4.69) is 20.9 Å². The van der Waals surface area contributed by atoms with E-state index < -0.39 is 6.04 Å². The third kappa shape index (κ3) is 3.00. The first-order chi connectivity index (χ1) is 9.56. The molecule has 0 saturated heterocycles. The van der Waals surface area contributed by atoms with Crippen LogP contribution in [0.5, 0.6) is 0 Å². The summed E-state index contributed by atoms with van der Waals surface area (Å²) in [5.41, 5.74) is 0.431. The fourth-order valence-corrected chi connectivity index (χ4v) is 2.49. The molecule has 0 saturated carbocycles. The molecular weight excluding hydrogens is 327 g/mol. The van der Waals surface area contributed by atoms with Crippen LogP contribution in [-0.4, -0.2) is 31.0 Å². The van der Waals surface area contributed by atoms with Crippen molar-refractivity contribution >= 4 is 33.4 Å². The van der Waals surface area contributed by atoms with Gasteiger partial charge in [0.25, 0.3) is 0 Å². The lowest BCUT2D eigenvalue weighted by molar-refractivity contribution is -0.144. The first-order valence-corrected chi connectivity index (χ1v) is 7.32. The topological polar surface area (TPSA) is 41.9 Å². The Bertz CT molecular complexity index is 548. The zero-order valence-corrected chi connectivity index (χ0v) is 13.0. The molecule has 0 bridgehead atoms. The second-order valence-corrected chi connectivity index (χ2v) is 5.29. The molecule has 108 valence electrons. The van der Waals surface area contributed by atoms with Crippen molar-refractivity contribution in [3.8, 4) is 0 Å². The molecule has 0 spiro atoms. The average molecular weight is 343 g/mol. The van der Waals surface area contributed by atoms with E-state index in [4.69, 9.17) is 4.74 Å². The molecule has 0 fully saturated rings. The maximum atomic E-state index is 14.0. The van der Waals surface area contributed by atoms with E-state index >= 15 is 0 Å². The summed E-state index contributed by atoms with van der Waals surface area (Å²) in [5, 5.41) is 0. The van der Waals surface area contributed by atoms with Crippen LogP contribution in [0.3, 0.4) is 0 Å². The highest BCUT2D eigenvalue weighted by atomic mass is 79.9. The molecule has 1 unspecified atom stereocenters. The van der Waals surface area contributed by atoms with Gasteiger partial charge in [0.15, 0.2) is 6.04 Å². The number of carbonyl (C=O) groups is 1. The van der Waals surface area contributed by atoms with Crippen molar-refractivity contribution in [2.24, 2.45) is 4.99 Å². The zero-order valence-electron chi connectivity index (χ0n) is 11.4. The van der Waals surface area contributed by atoms with E-state index in [0.29, 0.717) is 35.6 Å². The van der Waals surface area contributed by atoms with Gasteiger partial charge in [-0.3, -0.25) is 4.99 Å². The van der Waals surface area contributed by atoms with E-state index in [1.807, 2.05) is 6.92 Å². The molecule has 2 rings (SSSR count). The van der Waals surface area contributed by atoms with Gasteiger partial charge in [0.1, 0.15) is 11.7 Å². The summed E-state index contributed by atoms with van der Waals surface area (Å²) in [6.07, 6.45) is 0.630. The fourth-order valence-electron chi connectivity index (χ4n) is 2.15. The number of nitrogens with zero attached hydrogens (tertiary/aromatic N) is 2. The van der Waals surface area contributed by atoms with Crippen molar-refractivity contribution in [3.63, 3.8) is 0 Å². The summed E-state index contributed by atoms with van der Waals surface area (Å²) in [6, 6.07) is 4.27. The van der Waals surface area contributed by atoms with Gasteiger partial charge in [-0.05, 0) is 25.1 Å². The molecule has 0 amide bonds. The number of halogens is 2. The third-order valence-corrected chi connectivity index (χ3v) is 3.54. The molecule has 1 aromatic carbocycles. The van der Waals surface area contributed by atoms with E-state index in [9.17, 15) is 9.18 Å². The third-order valence-electron chi connectivity index (χ3n) is 3.05. The van der Waals surface area contributed by atoms with Crippen LogP contribution in [0.4, 0.5) is 10.1 Å². The highest BCUT2D eigenvalue weighted by Gasteiger charge is 2.32. The summed E-state index contributed by atoms with van der Waals surface area (Å²) in [5.74, 6) is -0.00669. The molecule has 1 heterocycles. The van der Waals surface area contributed by atoms with Gasteiger partial charge in [-0.15, -0.1) is 0 Å². The maximum Gasteiger partial charge on any atom is 0.332 e. The molecule has 0 aliphatic carbocycles. The number of rotatable bonds is 4. The summed E-state index contributed by atoms with van der Waals surface area (Å²) in [6.45, 7) is 4.32. The Kier molecular flexibility index (Phi) is 4.75. The highest BCUT2D eigenvalue weighted by molar-refractivity contribution is 9.10. The smallest absolute Gasteiger partial charge is 0.332 e. The summed E-state index contributed by atoms with van der Waals surface area (Å²) < 4.78 is 19.7. The largest absolute Gasteiger partial charge is 0.464 e. The normalized spacial score (nSPS) is 18.1. The van der Waals surface area contributed by atoms with Crippen molar-refractivity contribution in [3.05, 3.63) is 28.5 Å². The quantitative estimate of drug-likeness (QED) is 0.789. The van der Waals surface area contributed by atoms with Crippen LogP contribution in [0, 0.1) is 5.82 Å². The molecule has 1 aliphatic heterocycles. The Labute approximate surface area is 125 Å². The lowest BCUT2D eigenvalue weighted by Crippen LogP contribution is -2.32. The van der Waals surface area contributed by atoms with Crippen LogP contribution in [0.25, 0.3) is 0 Å². The number of aliphatic imine (C=N–C) groups is 1. The van der Waals surface area contributed by atoms with Gasteiger partial charge in [-0.2, -0.15) is 0 Å². The molecule has 0 aromatic heterocycles. The second-order valence-electron chi connectivity index (χ2n) is 4.37. The number of anilines is 1. The predicted molar refractivity (Wildman–Crippen MR) is 79.6 cm³/mol. The Balaban J connectivity index is 2.25. The number of hydrogen-bond acceptors (Lipinski definition) is 4. The van der Waals surface area contributed by atoms with Crippen LogP contribution >= 0.6 is 15.9 Å². The van der Waals surface area contributed by atoms with E-state index in [-0.39, 0.29) is 11.8 Å². The van der Waals surface area contributed by atoms with Crippen molar-refractivity contribution in [2.75, 3.05) is 18.1 Å². The van der Waals surface area contributed by atoms with Crippen LogP contribution in [0.15, 0.2) is 27.7 Å². The maximum absolute atomic E-state index is 14.0. The van der Waals surface area contributed by atoms with E-state index in [1.165, 1.54) is 6.07 Å². The van der Waals surface area contributed by atoms with Crippen molar-refractivity contribution in [1.29, 1.82) is 0 Å². The van der Waals surface area contributed by atoms with Gasteiger partial charge < -0.3 is 9.64 Å². The van der Waals surface area contributed by atoms with Gasteiger partial charge >= 0.3 is 5.97 Å². The van der Waals surface area contributed by atoms with Crippen molar-refractivity contribution in [1.82, 2.24) is 0 Å². The summed E-state index contributed by atoms with van der Waals surface area (Å²) >= 11 is 3.23. The second kappa shape index (κ2) is 6.35. The standard InChI is InChI=1S/C14H16BrFN2O2/c1-3-13-17-11(14(19)20-4-2)8-18(13)12-6-5-9(15)7-10(12)16/h5-7,11H,3-4,8H2,1-2H3. The van der Waals surface area contributed by atoms with E-state index in [1.54, 1.807) is 24.0 Å². The first-order valence-electron chi connectivity index (χ1n) is 6.52. The lowest BCUT2D eigenvalue weighted by atomic mass is 10.2. The first kappa shape index (κ1) is 15.0. The Hall–Kier alpha value is -1.43. The Morgan fingerprint density at radius 3 is 2.90 bits per heavy atom. The highest BCUT2D eigenvalue weighted by Crippen LogP contribution is 2.27.